The topological polar surface area (TPSA) is 58.4 Å². The largest absolute Gasteiger partial charge is 0.461 e. The van der Waals surface area contributed by atoms with E-state index in [1.54, 1.807) is 24.5 Å². The van der Waals surface area contributed by atoms with E-state index < -0.39 is 0 Å². The summed E-state index contributed by atoms with van der Waals surface area (Å²) in [6.45, 7) is 2.93. The van der Waals surface area contributed by atoms with Crippen LogP contribution in [0.2, 0.25) is 0 Å². The summed E-state index contributed by atoms with van der Waals surface area (Å²) in [5, 5.41) is 3.99. The third-order valence-electron chi connectivity index (χ3n) is 4.00. The van der Waals surface area contributed by atoms with Gasteiger partial charge in [0.25, 0.3) is 5.91 Å². The summed E-state index contributed by atoms with van der Waals surface area (Å²) in [6.07, 6.45) is 4.13. The molecule has 2 heterocycles. The minimum atomic E-state index is -0.146. The number of rotatable bonds is 5. The maximum absolute atomic E-state index is 12.3. The Morgan fingerprint density at radius 2 is 1.96 bits per heavy atom. The zero-order chi connectivity index (χ0) is 17.1. The molecule has 3 aromatic rings. The second-order valence-electron chi connectivity index (χ2n) is 6.09. The molecule has 1 aromatic carbocycles. The Morgan fingerprint density at radius 1 is 1.21 bits per heavy atom. The van der Waals surface area contributed by atoms with E-state index in [-0.39, 0.29) is 5.91 Å². The van der Waals surface area contributed by atoms with Gasteiger partial charge in [0, 0.05) is 41.1 Å². The van der Waals surface area contributed by atoms with Gasteiger partial charge in [-0.25, -0.2) is 0 Å². The molecule has 0 unspecified atom stereocenters. The predicted molar refractivity (Wildman–Crippen MR) is 95.4 cm³/mol. The third-order valence-corrected chi connectivity index (χ3v) is 4.00. The van der Waals surface area contributed by atoms with Gasteiger partial charge >= 0.3 is 0 Å². The number of hydrogen-bond donors (Lipinski definition) is 1. The van der Waals surface area contributed by atoms with Crippen molar-refractivity contribution in [2.75, 3.05) is 26.0 Å². The Labute approximate surface area is 141 Å². The average molecular weight is 323 g/mol. The fourth-order valence-electron chi connectivity index (χ4n) is 2.70. The van der Waals surface area contributed by atoms with Crippen molar-refractivity contribution < 1.29 is 9.21 Å². The fourth-order valence-corrected chi connectivity index (χ4v) is 2.70. The SMILES string of the molecule is Cc1oc2ccc(NC(=O)c3ccncc3)cc2c1CCN(C)C. The summed E-state index contributed by atoms with van der Waals surface area (Å²) in [5.74, 6) is 0.788. The van der Waals surface area contributed by atoms with Gasteiger partial charge < -0.3 is 14.6 Å². The van der Waals surface area contributed by atoms with Crippen LogP contribution in [-0.2, 0) is 6.42 Å². The minimum Gasteiger partial charge on any atom is -0.461 e. The van der Waals surface area contributed by atoms with E-state index >= 15 is 0 Å². The van der Waals surface area contributed by atoms with E-state index in [0.29, 0.717) is 5.56 Å². The van der Waals surface area contributed by atoms with Gasteiger partial charge in [0.1, 0.15) is 11.3 Å². The molecule has 0 atom stereocenters. The number of aryl methyl sites for hydroxylation is 1. The summed E-state index contributed by atoms with van der Waals surface area (Å²) in [5.41, 5.74) is 3.39. The van der Waals surface area contributed by atoms with Crippen molar-refractivity contribution in [2.45, 2.75) is 13.3 Å². The Kier molecular flexibility index (Phi) is 4.62. The average Bonchev–Trinajstić information content (AvgIpc) is 2.88. The highest BCUT2D eigenvalue weighted by molar-refractivity contribution is 6.05. The molecule has 5 nitrogen and oxygen atoms in total. The highest BCUT2D eigenvalue weighted by Gasteiger charge is 2.13. The van der Waals surface area contributed by atoms with Gasteiger partial charge in [0.2, 0.25) is 0 Å². The van der Waals surface area contributed by atoms with Gasteiger partial charge in [0.15, 0.2) is 0 Å². The number of pyridine rings is 1. The lowest BCUT2D eigenvalue weighted by Crippen LogP contribution is -2.15. The highest BCUT2D eigenvalue weighted by atomic mass is 16.3. The standard InChI is InChI=1S/C19H21N3O2/c1-13-16(8-11-22(2)3)17-12-15(4-5-18(17)24-13)21-19(23)14-6-9-20-10-7-14/h4-7,9-10,12H,8,11H2,1-3H3,(H,21,23). The molecule has 0 spiro atoms. The molecule has 0 aliphatic heterocycles. The first-order valence-corrected chi connectivity index (χ1v) is 7.93. The zero-order valence-corrected chi connectivity index (χ0v) is 14.2. The molecular formula is C19H21N3O2. The Bertz CT molecular complexity index is 854. The number of fused-ring (bicyclic) bond motifs is 1. The number of likely N-dealkylation sites (N-methyl/N-ethyl adjacent to an activating group) is 1. The van der Waals surface area contributed by atoms with Crippen LogP contribution in [-0.4, -0.2) is 36.4 Å². The van der Waals surface area contributed by atoms with Crippen LogP contribution in [0.15, 0.2) is 47.1 Å². The summed E-state index contributed by atoms with van der Waals surface area (Å²) in [7, 11) is 4.11. The summed E-state index contributed by atoms with van der Waals surface area (Å²) in [6, 6.07) is 9.14. The number of nitrogens with zero attached hydrogens (tertiary/aromatic N) is 2. The molecule has 2 aromatic heterocycles. The van der Waals surface area contributed by atoms with Crippen LogP contribution in [0, 0.1) is 6.92 Å². The van der Waals surface area contributed by atoms with E-state index in [1.165, 1.54) is 5.56 Å². The number of hydrogen-bond acceptors (Lipinski definition) is 4. The summed E-state index contributed by atoms with van der Waals surface area (Å²) < 4.78 is 5.84. The number of carbonyl (C=O) groups is 1. The van der Waals surface area contributed by atoms with E-state index in [0.717, 1.165) is 35.4 Å². The second-order valence-corrected chi connectivity index (χ2v) is 6.09. The van der Waals surface area contributed by atoms with Crippen LogP contribution in [0.5, 0.6) is 0 Å². The molecule has 0 radical (unpaired) electrons. The van der Waals surface area contributed by atoms with Gasteiger partial charge in [-0.2, -0.15) is 0 Å². The lowest BCUT2D eigenvalue weighted by molar-refractivity contribution is 0.102. The molecule has 3 rings (SSSR count). The first-order chi connectivity index (χ1) is 11.5. The number of amides is 1. The second kappa shape index (κ2) is 6.84. The summed E-state index contributed by atoms with van der Waals surface area (Å²) in [4.78, 5) is 18.4. The van der Waals surface area contributed by atoms with Crippen molar-refractivity contribution in [3.63, 3.8) is 0 Å². The van der Waals surface area contributed by atoms with E-state index in [2.05, 4.69) is 29.3 Å². The number of nitrogens with one attached hydrogen (secondary N) is 1. The van der Waals surface area contributed by atoms with Gasteiger partial charge in [-0.1, -0.05) is 0 Å². The Morgan fingerprint density at radius 3 is 2.67 bits per heavy atom. The van der Waals surface area contributed by atoms with Crippen molar-refractivity contribution >= 4 is 22.6 Å². The lowest BCUT2D eigenvalue weighted by Gasteiger charge is -2.09. The van der Waals surface area contributed by atoms with Crippen LogP contribution < -0.4 is 5.32 Å². The summed E-state index contributed by atoms with van der Waals surface area (Å²) >= 11 is 0. The molecule has 0 aliphatic carbocycles. The van der Waals surface area contributed by atoms with Crippen molar-refractivity contribution in [3.05, 3.63) is 59.6 Å². The fraction of sp³-hybridized carbons (Fsp3) is 0.263. The normalized spacial score (nSPS) is 11.2. The lowest BCUT2D eigenvalue weighted by atomic mass is 10.1. The van der Waals surface area contributed by atoms with Crippen molar-refractivity contribution in [1.29, 1.82) is 0 Å². The molecular weight excluding hydrogens is 302 g/mol. The molecule has 1 amide bonds. The molecule has 0 bridgehead atoms. The van der Waals surface area contributed by atoms with Crippen molar-refractivity contribution in [2.24, 2.45) is 0 Å². The molecule has 0 saturated heterocycles. The highest BCUT2D eigenvalue weighted by Crippen LogP contribution is 2.28. The van der Waals surface area contributed by atoms with Crippen LogP contribution in [0.1, 0.15) is 21.7 Å². The number of carbonyl (C=O) groups excluding carboxylic acids is 1. The molecule has 0 fully saturated rings. The number of anilines is 1. The van der Waals surface area contributed by atoms with Gasteiger partial charge in [-0.15, -0.1) is 0 Å². The van der Waals surface area contributed by atoms with Crippen molar-refractivity contribution in [3.8, 4) is 0 Å². The Balaban J connectivity index is 1.87. The maximum atomic E-state index is 12.3. The van der Waals surface area contributed by atoms with Crippen LogP contribution in [0.25, 0.3) is 11.0 Å². The van der Waals surface area contributed by atoms with Gasteiger partial charge in [-0.3, -0.25) is 9.78 Å². The number of furan rings is 1. The first-order valence-electron chi connectivity index (χ1n) is 7.93. The molecule has 24 heavy (non-hydrogen) atoms. The van der Waals surface area contributed by atoms with Gasteiger partial charge in [-0.05, 0) is 57.8 Å². The monoisotopic (exact) mass is 323 g/mol. The predicted octanol–water partition coefficient (Wildman–Crippen LogP) is 3.49. The van der Waals surface area contributed by atoms with Crippen LogP contribution in [0.3, 0.4) is 0 Å². The maximum Gasteiger partial charge on any atom is 0.255 e. The van der Waals surface area contributed by atoms with Gasteiger partial charge in [0.05, 0.1) is 0 Å². The smallest absolute Gasteiger partial charge is 0.255 e. The molecule has 5 heteroatoms. The van der Waals surface area contributed by atoms with E-state index in [9.17, 15) is 4.79 Å². The third kappa shape index (κ3) is 3.46. The zero-order valence-electron chi connectivity index (χ0n) is 14.2. The van der Waals surface area contributed by atoms with E-state index in [4.69, 9.17) is 4.42 Å². The Hall–Kier alpha value is -2.66. The number of aromatic nitrogens is 1. The quantitative estimate of drug-likeness (QED) is 0.781. The molecule has 0 saturated carbocycles. The number of benzene rings is 1. The molecule has 1 N–H and O–H groups in total. The van der Waals surface area contributed by atoms with Crippen molar-refractivity contribution in [1.82, 2.24) is 9.88 Å². The van der Waals surface area contributed by atoms with Crippen LogP contribution in [0.4, 0.5) is 5.69 Å². The molecule has 124 valence electrons. The minimum absolute atomic E-state index is 0.146. The van der Waals surface area contributed by atoms with Crippen LogP contribution >= 0.6 is 0 Å². The molecule has 0 aliphatic rings. The first kappa shape index (κ1) is 16.2. The van der Waals surface area contributed by atoms with E-state index in [1.807, 2.05) is 25.1 Å².